The number of ether oxygens (including phenoxy) is 1. The van der Waals surface area contributed by atoms with Crippen LogP contribution in [0.25, 0.3) is 0 Å². The number of carbonyl (C=O) groups excluding carboxylic acids is 1. The fraction of sp³-hybridized carbons (Fsp3) is 0.912. The van der Waals surface area contributed by atoms with Crippen molar-refractivity contribution in [2.75, 3.05) is 6.61 Å². The van der Waals surface area contributed by atoms with Crippen LogP contribution < -0.4 is 0 Å². The average molecular weight is 721 g/mol. The van der Waals surface area contributed by atoms with Gasteiger partial charge >= 0.3 is 5.97 Å². The summed E-state index contributed by atoms with van der Waals surface area (Å²) >= 11 is 0. The maximum Gasteiger partial charge on any atom is 0.333 e. The molecule has 11 heteroatoms. The third kappa shape index (κ3) is 14.3. The highest BCUT2D eigenvalue weighted by molar-refractivity contribution is 6.81. The lowest BCUT2D eigenvalue weighted by molar-refractivity contribution is -0.138. The van der Waals surface area contributed by atoms with Crippen LogP contribution in [0.15, 0.2) is 12.2 Å². The number of unbranched alkanes of at least 4 members (excludes halogenated alkanes) is 2. The highest BCUT2D eigenvalue weighted by atomic mass is 28.4. The van der Waals surface area contributed by atoms with Crippen LogP contribution in [0.3, 0.4) is 0 Å². The molecule has 0 aromatic rings. The van der Waals surface area contributed by atoms with Gasteiger partial charge in [0.25, 0.3) is 0 Å². The molecule has 0 aliphatic heterocycles. The summed E-state index contributed by atoms with van der Waals surface area (Å²) in [6.07, 6.45) is 5.62. The van der Waals surface area contributed by atoms with Crippen molar-refractivity contribution in [3.05, 3.63) is 12.2 Å². The normalized spacial score (nSPS) is 15.9. The Labute approximate surface area is 286 Å². The minimum absolute atomic E-state index is 0.0724. The zero-order valence-corrected chi connectivity index (χ0v) is 38.6. The van der Waals surface area contributed by atoms with E-state index >= 15 is 0 Å². The standard InChI is InChI=1S/C34H76O6Si5/c1-20-22-26-41-31(5,6)37-43(15,16)33(9,10)40-45(19,28-24-25-36-30(35)29(3)4)34(11,12)39-44(17,18)32(7,8)38-42(13,14)27-23-21-2/h3,20-28,41H2,1-2,4-19H3. The maximum absolute atomic E-state index is 12.2. The third-order valence-electron chi connectivity index (χ3n) is 10.1. The minimum Gasteiger partial charge on any atom is -0.462 e. The molecule has 0 aromatic heterocycles. The number of hydrogen-bond acceptors (Lipinski definition) is 6. The predicted octanol–water partition coefficient (Wildman–Crippen LogP) is 9.63. The molecule has 0 amide bonds. The van der Waals surface area contributed by atoms with E-state index in [2.05, 4.69) is 122 Å². The van der Waals surface area contributed by atoms with Gasteiger partial charge in [0.2, 0.25) is 25.0 Å². The van der Waals surface area contributed by atoms with Gasteiger partial charge in [-0.1, -0.05) is 52.2 Å². The Hall–Kier alpha value is 0.134. The molecule has 0 radical (unpaired) electrons. The van der Waals surface area contributed by atoms with Gasteiger partial charge in [0.05, 0.1) is 31.8 Å². The molecule has 0 N–H and O–H groups in total. The largest absolute Gasteiger partial charge is 0.462 e. The topological polar surface area (TPSA) is 63.2 Å². The van der Waals surface area contributed by atoms with Crippen LogP contribution in [0.5, 0.6) is 0 Å². The van der Waals surface area contributed by atoms with Crippen molar-refractivity contribution in [3.8, 4) is 0 Å². The first-order valence-electron chi connectivity index (χ1n) is 17.7. The Bertz CT molecular complexity index is 945. The van der Waals surface area contributed by atoms with E-state index in [1.165, 1.54) is 31.7 Å². The molecule has 6 nitrogen and oxygen atoms in total. The molecule has 0 rings (SSSR count). The smallest absolute Gasteiger partial charge is 0.333 e. The molecule has 45 heavy (non-hydrogen) atoms. The van der Waals surface area contributed by atoms with Crippen LogP contribution in [0.4, 0.5) is 0 Å². The second kappa shape index (κ2) is 17.2. The van der Waals surface area contributed by atoms with Gasteiger partial charge in [-0.15, -0.1) is 0 Å². The van der Waals surface area contributed by atoms with E-state index in [4.69, 9.17) is 22.4 Å². The number of carbonyl (C=O) groups is 1. The first-order chi connectivity index (χ1) is 20.0. The van der Waals surface area contributed by atoms with E-state index in [0.29, 0.717) is 18.6 Å². The fourth-order valence-corrected chi connectivity index (χ4v) is 22.8. The van der Waals surface area contributed by atoms with E-state index in [9.17, 15) is 4.79 Å². The highest BCUT2D eigenvalue weighted by Gasteiger charge is 2.58. The summed E-state index contributed by atoms with van der Waals surface area (Å²) < 4.78 is 34.5. The Morgan fingerprint density at radius 2 is 1.16 bits per heavy atom. The van der Waals surface area contributed by atoms with Gasteiger partial charge in [-0.3, -0.25) is 0 Å². The molecular weight excluding hydrogens is 645 g/mol. The Morgan fingerprint density at radius 3 is 1.64 bits per heavy atom. The van der Waals surface area contributed by atoms with Crippen LogP contribution >= 0.6 is 0 Å². The summed E-state index contributed by atoms with van der Waals surface area (Å²) in [4.78, 5) is 12.2. The highest BCUT2D eigenvalue weighted by Crippen LogP contribution is 2.42. The lowest BCUT2D eigenvalue weighted by Gasteiger charge is -2.55. The van der Waals surface area contributed by atoms with Crippen molar-refractivity contribution in [1.29, 1.82) is 0 Å². The van der Waals surface area contributed by atoms with Gasteiger partial charge in [-0.05, 0) is 127 Å². The van der Waals surface area contributed by atoms with E-state index in [1.807, 2.05) is 0 Å². The van der Waals surface area contributed by atoms with Gasteiger partial charge in [0.1, 0.15) is 0 Å². The van der Waals surface area contributed by atoms with Crippen LogP contribution in [0.1, 0.15) is 108 Å². The van der Waals surface area contributed by atoms with Crippen LogP contribution in [-0.2, 0) is 27.2 Å². The van der Waals surface area contributed by atoms with Gasteiger partial charge in [-0.2, -0.15) is 0 Å². The summed E-state index contributed by atoms with van der Waals surface area (Å²) in [5.74, 6) is -0.339. The second-order valence-electron chi connectivity index (χ2n) is 17.3. The Balaban J connectivity index is 6.42. The quantitative estimate of drug-likeness (QED) is 0.0454. The van der Waals surface area contributed by atoms with Crippen molar-refractivity contribution < 1.29 is 27.2 Å². The summed E-state index contributed by atoms with van der Waals surface area (Å²) in [5, 5.41) is -1.41. The van der Waals surface area contributed by atoms with Gasteiger partial charge in [0, 0.05) is 10.8 Å². The molecule has 0 aromatic carbocycles. The predicted molar refractivity (Wildman–Crippen MR) is 208 cm³/mol. The maximum atomic E-state index is 12.2. The monoisotopic (exact) mass is 720 g/mol. The lowest BCUT2D eigenvalue weighted by Crippen LogP contribution is -2.70. The number of rotatable bonds is 23. The zero-order chi connectivity index (χ0) is 35.8. The third-order valence-corrected chi connectivity index (χ3v) is 28.9. The van der Waals surface area contributed by atoms with Crippen molar-refractivity contribution in [3.63, 3.8) is 0 Å². The molecule has 0 saturated carbocycles. The first-order valence-corrected chi connectivity index (χ1v) is 30.9. The Kier molecular flexibility index (Phi) is 17.2. The van der Waals surface area contributed by atoms with Crippen molar-refractivity contribution in [2.24, 2.45) is 0 Å². The molecular formula is C34H76O6Si5. The van der Waals surface area contributed by atoms with Gasteiger partial charge in [0.15, 0.2) is 8.32 Å². The molecule has 0 heterocycles. The van der Waals surface area contributed by atoms with Gasteiger partial charge in [-0.25, -0.2) is 4.79 Å². The Morgan fingerprint density at radius 1 is 0.667 bits per heavy atom. The van der Waals surface area contributed by atoms with Crippen molar-refractivity contribution >= 4 is 48.8 Å². The van der Waals surface area contributed by atoms with E-state index < -0.39 is 43.7 Å². The average Bonchev–Trinajstić information content (AvgIpc) is 2.82. The molecule has 268 valence electrons. The fourth-order valence-electron chi connectivity index (χ4n) is 5.86. The van der Waals surface area contributed by atoms with E-state index in [1.54, 1.807) is 6.92 Å². The molecule has 0 bridgehead atoms. The van der Waals surface area contributed by atoms with Crippen molar-refractivity contribution in [1.82, 2.24) is 0 Å². The van der Waals surface area contributed by atoms with Crippen molar-refractivity contribution in [2.45, 2.75) is 193 Å². The lowest BCUT2D eigenvalue weighted by atomic mass is 10.4. The molecule has 0 fully saturated rings. The summed E-state index contributed by atoms with van der Waals surface area (Å²) in [5.41, 5.74) is 0.423. The molecule has 1 unspecified atom stereocenters. The van der Waals surface area contributed by atoms with Crippen LogP contribution in [0, 0.1) is 0 Å². The zero-order valence-electron chi connectivity index (χ0n) is 33.2. The van der Waals surface area contributed by atoms with E-state index in [0.717, 1.165) is 12.1 Å². The van der Waals surface area contributed by atoms with Crippen LogP contribution in [-0.4, -0.2) is 76.3 Å². The van der Waals surface area contributed by atoms with E-state index in [-0.39, 0.29) is 25.9 Å². The SMILES string of the molecule is C=C(C)C(=O)OCCC[Si](C)(OC(C)(C)[Si](C)(C)OC(C)(C)[SiH2]CCCC)C(C)(C)O[Si](C)(C)C(C)(C)O[Si](C)(C)CCCC. The molecule has 0 spiro atoms. The molecule has 0 saturated heterocycles. The second-order valence-corrected chi connectivity index (χ2v) is 37.7. The van der Waals surface area contributed by atoms with Crippen LogP contribution in [0.2, 0.25) is 64.0 Å². The summed E-state index contributed by atoms with van der Waals surface area (Å²) in [6.45, 7) is 44.5. The summed E-state index contributed by atoms with van der Waals surface area (Å²) in [7, 11) is -9.70. The first kappa shape index (κ1) is 45.1. The number of hydrogen-bond donors (Lipinski definition) is 0. The molecule has 0 aliphatic carbocycles. The molecule has 0 aliphatic rings. The molecule has 1 atom stereocenters. The van der Waals surface area contributed by atoms with Gasteiger partial charge < -0.3 is 22.4 Å². The minimum atomic E-state index is -2.68. The summed E-state index contributed by atoms with van der Waals surface area (Å²) in [6, 6.07) is 3.26. The number of esters is 1.